The summed E-state index contributed by atoms with van der Waals surface area (Å²) in [6.07, 6.45) is 1.66. The summed E-state index contributed by atoms with van der Waals surface area (Å²) in [4.78, 5) is 0. The lowest BCUT2D eigenvalue weighted by Crippen LogP contribution is -2.22. The van der Waals surface area contributed by atoms with Crippen molar-refractivity contribution in [2.75, 3.05) is 6.54 Å². The van der Waals surface area contributed by atoms with Crippen LogP contribution in [0.15, 0.2) is 22.7 Å². The van der Waals surface area contributed by atoms with E-state index in [2.05, 4.69) is 45.4 Å². The summed E-state index contributed by atoms with van der Waals surface area (Å²) in [5.74, 6) is -0.305. The van der Waals surface area contributed by atoms with Gasteiger partial charge in [-0.2, -0.15) is 0 Å². The number of nitrogens with zero attached hydrogens (tertiary/aromatic N) is 3. The summed E-state index contributed by atoms with van der Waals surface area (Å²) in [6.45, 7) is 7.06. The van der Waals surface area contributed by atoms with Crippen LogP contribution in [0.5, 0.6) is 0 Å². The lowest BCUT2D eigenvalue weighted by Gasteiger charge is -2.15. The molecule has 21 heavy (non-hydrogen) atoms. The third-order valence-electron chi connectivity index (χ3n) is 3.45. The Labute approximate surface area is 132 Å². The van der Waals surface area contributed by atoms with Gasteiger partial charge in [-0.3, -0.25) is 0 Å². The highest BCUT2D eigenvalue weighted by molar-refractivity contribution is 9.10. The van der Waals surface area contributed by atoms with Gasteiger partial charge in [0.25, 0.3) is 0 Å². The summed E-state index contributed by atoms with van der Waals surface area (Å²) in [5, 5.41) is 11.9. The second-order valence-corrected chi connectivity index (χ2v) is 5.72. The fraction of sp³-hybridized carbons (Fsp3) is 0.467. The van der Waals surface area contributed by atoms with E-state index in [1.54, 1.807) is 16.8 Å². The summed E-state index contributed by atoms with van der Waals surface area (Å²) in [7, 11) is 0. The minimum absolute atomic E-state index is 0.147. The first-order chi connectivity index (χ1) is 10.1. The molecule has 0 aliphatic carbocycles. The van der Waals surface area contributed by atoms with Crippen LogP contribution in [0.3, 0.4) is 0 Å². The average Bonchev–Trinajstić information content (AvgIpc) is 2.90. The highest BCUT2D eigenvalue weighted by Gasteiger charge is 2.21. The van der Waals surface area contributed by atoms with Crippen molar-refractivity contribution in [3.05, 3.63) is 39.9 Å². The zero-order valence-electron chi connectivity index (χ0n) is 12.5. The monoisotopic (exact) mass is 354 g/mol. The highest BCUT2D eigenvalue weighted by atomic mass is 79.9. The molecule has 1 aromatic carbocycles. The molecule has 0 radical (unpaired) electrons. The molecule has 4 nitrogen and oxygen atoms in total. The van der Waals surface area contributed by atoms with Crippen LogP contribution in [0.25, 0.3) is 5.69 Å². The number of aromatic nitrogens is 3. The van der Waals surface area contributed by atoms with Crippen molar-refractivity contribution in [3.8, 4) is 5.69 Å². The van der Waals surface area contributed by atoms with Crippen LogP contribution in [0.4, 0.5) is 4.39 Å². The molecule has 2 rings (SSSR count). The predicted molar refractivity (Wildman–Crippen MR) is 85.1 cm³/mol. The SMILES string of the molecule is CCNC(CC)c1nnn(-c2cc(Br)ccc2F)c1CC. The second kappa shape index (κ2) is 7.13. The molecule has 2 aromatic rings. The predicted octanol–water partition coefficient (Wildman–Crippen LogP) is 3.79. The maximum absolute atomic E-state index is 14.1. The third kappa shape index (κ3) is 3.32. The van der Waals surface area contributed by atoms with Gasteiger partial charge >= 0.3 is 0 Å². The molecule has 0 spiro atoms. The van der Waals surface area contributed by atoms with Gasteiger partial charge < -0.3 is 5.32 Å². The molecule has 0 saturated carbocycles. The van der Waals surface area contributed by atoms with Crippen molar-refractivity contribution in [1.29, 1.82) is 0 Å². The van der Waals surface area contributed by atoms with Crippen LogP contribution in [0.2, 0.25) is 0 Å². The summed E-state index contributed by atoms with van der Waals surface area (Å²) < 4.78 is 16.5. The van der Waals surface area contributed by atoms with Crippen LogP contribution in [0.1, 0.15) is 44.6 Å². The van der Waals surface area contributed by atoms with Gasteiger partial charge in [-0.25, -0.2) is 9.07 Å². The Morgan fingerprint density at radius 1 is 1.33 bits per heavy atom. The molecule has 0 aliphatic heterocycles. The zero-order valence-corrected chi connectivity index (χ0v) is 14.1. The normalized spacial score (nSPS) is 12.6. The van der Waals surface area contributed by atoms with Crippen LogP contribution in [-0.4, -0.2) is 21.5 Å². The molecule has 114 valence electrons. The molecule has 0 bridgehead atoms. The van der Waals surface area contributed by atoms with E-state index >= 15 is 0 Å². The van der Waals surface area contributed by atoms with E-state index in [-0.39, 0.29) is 11.9 Å². The first-order valence-corrected chi connectivity index (χ1v) is 8.04. The molecule has 6 heteroatoms. The van der Waals surface area contributed by atoms with E-state index in [0.29, 0.717) is 5.69 Å². The number of benzene rings is 1. The third-order valence-corrected chi connectivity index (χ3v) is 3.95. The van der Waals surface area contributed by atoms with E-state index in [1.165, 1.54) is 6.07 Å². The van der Waals surface area contributed by atoms with E-state index < -0.39 is 0 Å². The Balaban J connectivity index is 2.51. The molecule has 0 saturated heterocycles. The minimum atomic E-state index is -0.305. The first kappa shape index (κ1) is 16.1. The molecule has 0 amide bonds. The Kier molecular flexibility index (Phi) is 5.47. The lowest BCUT2D eigenvalue weighted by molar-refractivity contribution is 0.520. The standard InChI is InChI=1S/C15H20BrFN4/c1-4-12(18-6-3)15-13(5-2)21(20-19-15)14-9-10(16)7-8-11(14)17/h7-9,12,18H,4-6H2,1-3H3. The number of nitrogens with one attached hydrogen (secondary N) is 1. The first-order valence-electron chi connectivity index (χ1n) is 7.25. The van der Waals surface area contributed by atoms with Gasteiger partial charge in [0.1, 0.15) is 17.2 Å². The number of hydrogen-bond acceptors (Lipinski definition) is 3. The van der Waals surface area contributed by atoms with Crippen molar-refractivity contribution >= 4 is 15.9 Å². The fourth-order valence-electron chi connectivity index (χ4n) is 2.44. The summed E-state index contributed by atoms with van der Waals surface area (Å²) in [6, 6.07) is 4.98. The molecule has 1 heterocycles. The maximum atomic E-state index is 14.1. The Bertz CT molecular complexity index is 612. The van der Waals surface area contributed by atoms with Gasteiger partial charge in [-0.15, -0.1) is 5.10 Å². The molecule has 1 aromatic heterocycles. The molecule has 1 unspecified atom stereocenters. The maximum Gasteiger partial charge on any atom is 0.149 e. The van der Waals surface area contributed by atoms with Gasteiger partial charge in [0, 0.05) is 4.47 Å². The van der Waals surface area contributed by atoms with E-state index in [1.807, 2.05) is 6.92 Å². The number of halogens is 2. The van der Waals surface area contributed by atoms with Crippen LogP contribution in [-0.2, 0) is 6.42 Å². The van der Waals surface area contributed by atoms with Gasteiger partial charge in [0.2, 0.25) is 0 Å². The lowest BCUT2D eigenvalue weighted by atomic mass is 10.1. The van der Waals surface area contributed by atoms with Gasteiger partial charge in [0.05, 0.1) is 11.7 Å². The highest BCUT2D eigenvalue weighted by Crippen LogP contribution is 2.24. The average molecular weight is 355 g/mol. The van der Waals surface area contributed by atoms with Crippen molar-refractivity contribution in [1.82, 2.24) is 20.3 Å². The van der Waals surface area contributed by atoms with Crippen molar-refractivity contribution in [3.63, 3.8) is 0 Å². The topological polar surface area (TPSA) is 42.7 Å². The molecule has 1 N–H and O–H groups in total. The fourth-order valence-corrected chi connectivity index (χ4v) is 2.79. The smallest absolute Gasteiger partial charge is 0.149 e. The molecule has 0 fully saturated rings. The van der Waals surface area contributed by atoms with Crippen LogP contribution < -0.4 is 5.32 Å². The molecule has 1 atom stereocenters. The summed E-state index contributed by atoms with van der Waals surface area (Å²) >= 11 is 3.37. The van der Waals surface area contributed by atoms with Crippen molar-refractivity contribution in [2.45, 2.75) is 39.7 Å². The van der Waals surface area contributed by atoms with E-state index in [4.69, 9.17) is 0 Å². The number of hydrogen-bond donors (Lipinski definition) is 1. The second-order valence-electron chi connectivity index (χ2n) is 4.80. The van der Waals surface area contributed by atoms with Crippen LogP contribution in [0, 0.1) is 5.82 Å². The summed E-state index contributed by atoms with van der Waals surface area (Å²) in [5.41, 5.74) is 2.27. The molecule has 0 aliphatic rings. The van der Waals surface area contributed by atoms with Crippen LogP contribution >= 0.6 is 15.9 Å². The minimum Gasteiger partial charge on any atom is -0.309 e. The largest absolute Gasteiger partial charge is 0.309 e. The van der Waals surface area contributed by atoms with Crippen molar-refractivity contribution < 1.29 is 4.39 Å². The molecular weight excluding hydrogens is 335 g/mol. The molecular formula is C15H20BrFN4. The van der Waals surface area contributed by atoms with Crippen molar-refractivity contribution in [2.24, 2.45) is 0 Å². The Morgan fingerprint density at radius 3 is 2.71 bits per heavy atom. The van der Waals surface area contributed by atoms with Gasteiger partial charge in [-0.05, 0) is 37.6 Å². The van der Waals surface area contributed by atoms with Gasteiger partial charge in [-0.1, -0.05) is 41.9 Å². The van der Waals surface area contributed by atoms with E-state index in [9.17, 15) is 4.39 Å². The van der Waals surface area contributed by atoms with Gasteiger partial charge in [0.15, 0.2) is 0 Å². The quantitative estimate of drug-likeness (QED) is 0.857. The number of rotatable bonds is 6. The Morgan fingerprint density at radius 2 is 2.10 bits per heavy atom. The zero-order chi connectivity index (χ0) is 15.4. The Hall–Kier alpha value is -1.27. The van der Waals surface area contributed by atoms with E-state index in [0.717, 1.165) is 35.2 Å².